The lowest BCUT2D eigenvalue weighted by Crippen LogP contribution is -2.21. The summed E-state index contributed by atoms with van der Waals surface area (Å²) >= 11 is 0. The number of halogens is 2. The summed E-state index contributed by atoms with van der Waals surface area (Å²) in [5.41, 5.74) is 8.16. The van der Waals surface area contributed by atoms with Gasteiger partial charge >= 0.3 is 0 Å². The number of para-hydroxylation sites is 1. The third-order valence-corrected chi connectivity index (χ3v) is 7.67. The van der Waals surface area contributed by atoms with Crippen LogP contribution < -0.4 is 11.3 Å². The van der Waals surface area contributed by atoms with Gasteiger partial charge in [0, 0.05) is 29.8 Å². The molecule has 0 unspecified atom stereocenters. The van der Waals surface area contributed by atoms with Crippen molar-refractivity contribution in [2.45, 2.75) is 53.0 Å². The van der Waals surface area contributed by atoms with Crippen molar-refractivity contribution < 1.29 is 18.7 Å². The molecule has 0 radical (unpaired) electrons. The van der Waals surface area contributed by atoms with Gasteiger partial charge in [-0.3, -0.25) is 18.8 Å². The first kappa shape index (κ1) is 30.3. The second-order valence-corrected chi connectivity index (χ2v) is 10.8. The summed E-state index contributed by atoms with van der Waals surface area (Å²) in [6.45, 7) is 7.98. The fourth-order valence-corrected chi connectivity index (χ4v) is 5.38. The van der Waals surface area contributed by atoms with E-state index < -0.39 is 23.1 Å². The lowest BCUT2D eigenvalue weighted by atomic mass is 9.96. The Morgan fingerprint density at radius 3 is 2.25 bits per heavy atom. The average Bonchev–Trinajstić information content (AvgIpc) is 3.50. The Bertz CT molecular complexity index is 1920. The van der Waals surface area contributed by atoms with E-state index in [9.17, 15) is 19.1 Å². The van der Waals surface area contributed by atoms with Gasteiger partial charge in [-0.25, -0.2) is 8.78 Å². The molecule has 0 aliphatic rings. The molecule has 0 spiro atoms. The van der Waals surface area contributed by atoms with Crippen LogP contribution in [0, 0.1) is 11.6 Å². The molecule has 3 aromatic carbocycles. The third-order valence-electron chi connectivity index (χ3n) is 7.67. The molecule has 8 nitrogen and oxygen atoms in total. The predicted molar refractivity (Wildman–Crippen MR) is 165 cm³/mol. The van der Waals surface area contributed by atoms with Crippen LogP contribution >= 0.6 is 0 Å². The number of aromatic hydroxyl groups is 1. The van der Waals surface area contributed by atoms with E-state index >= 15 is 4.39 Å². The maximum Gasteiger partial charge on any atom is 0.280 e. The van der Waals surface area contributed by atoms with Crippen molar-refractivity contribution in [2.24, 2.45) is 5.73 Å². The van der Waals surface area contributed by atoms with Crippen LogP contribution in [0.5, 0.6) is 5.88 Å². The summed E-state index contributed by atoms with van der Waals surface area (Å²) in [4.78, 5) is 29.8. The molecule has 0 bridgehead atoms. The number of nitrogens with zero attached hydrogens (tertiary/aromatic N) is 4. The molecule has 10 heteroatoms. The Morgan fingerprint density at radius 1 is 0.977 bits per heavy atom. The molecule has 0 aliphatic carbocycles. The number of hydrogen-bond donors (Lipinski definition) is 2. The number of nitrogens with two attached hydrogens (primary N) is 1. The van der Waals surface area contributed by atoms with Crippen LogP contribution in [0.3, 0.4) is 0 Å². The Hall–Kier alpha value is -5.12. The number of benzene rings is 3. The summed E-state index contributed by atoms with van der Waals surface area (Å²) < 4.78 is 32.5. The van der Waals surface area contributed by atoms with Crippen LogP contribution in [0.4, 0.5) is 8.78 Å². The highest BCUT2D eigenvalue weighted by Gasteiger charge is 2.24. The van der Waals surface area contributed by atoms with Crippen molar-refractivity contribution in [1.29, 1.82) is 0 Å². The highest BCUT2D eigenvalue weighted by molar-refractivity contribution is 5.99. The third kappa shape index (κ3) is 5.62. The molecule has 0 atom stereocenters. The minimum absolute atomic E-state index is 0.0169. The van der Waals surface area contributed by atoms with E-state index in [2.05, 4.69) is 10.1 Å². The van der Waals surface area contributed by atoms with Gasteiger partial charge in [-0.2, -0.15) is 10.1 Å². The molecule has 0 fully saturated rings. The lowest BCUT2D eigenvalue weighted by Gasteiger charge is -2.21. The largest absolute Gasteiger partial charge is 0.494 e. The lowest BCUT2D eigenvalue weighted by molar-refractivity contribution is 0.100. The molecule has 44 heavy (non-hydrogen) atoms. The maximum absolute atomic E-state index is 15.5. The van der Waals surface area contributed by atoms with Crippen LogP contribution in [0.1, 0.15) is 66.3 Å². The fourth-order valence-electron chi connectivity index (χ4n) is 5.38. The number of carbonyl (C=O) groups is 1. The van der Waals surface area contributed by atoms with E-state index in [0.717, 1.165) is 28.9 Å². The summed E-state index contributed by atoms with van der Waals surface area (Å²) in [7, 11) is 0. The van der Waals surface area contributed by atoms with Crippen LogP contribution in [0.15, 0.2) is 71.7 Å². The molecule has 0 saturated carbocycles. The second kappa shape index (κ2) is 12.2. The standard InChI is InChI=1S/C34H33F2N5O3/c1-5-21-8-7-9-22(6-2)30(21)41-32(29-14-15-40(39-29)19(3)4)38-33(43)27(34(41)44)16-20-10-12-25(28(36)17-20)24-13-11-23(35)18-26(24)31(37)42/h7-15,17-19,44H,5-6,16H2,1-4H3,(H2,37,42). The molecule has 5 rings (SSSR count). The molecular weight excluding hydrogens is 564 g/mol. The molecule has 1 amide bonds. The second-order valence-electron chi connectivity index (χ2n) is 10.8. The van der Waals surface area contributed by atoms with Gasteiger partial charge in [0.1, 0.15) is 17.3 Å². The van der Waals surface area contributed by atoms with E-state index in [-0.39, 0.29) is 46.4 Å². The van der Waals surface area contributed by atoms with Gasteiger partial charge in [-0.15, -0.1) is 0 Å². The Labute approximate surface area is 253 Å². The van der Waals surface area contributed by atoms with Crippen molar-refractivity contribution in [3.8, 4) is 34.2 Å². The van der Waals surface area contributed by atoms with Gasteiger partial charge in [0.05, 0.1) is 11.3 Å². The van der Waals surface area contributed by atoms with Gasteiger partial charge in [0.15, 0.2) is 5.82 Å². The maximum atomic E-state index is 15.5. The number of amides is 1. The zero-order valence-electron chi connectivity index (χ0n) is 24.9. The van der Waals surface area contributed by atoms with E-state index in [1.54, 1.807) is 27.6 Å². The van der Waals surface area contributed by atoms with Gasteiger partial charge in [0.25, 0.3) is 5.56 Å². The van der Waals surface area contributed by atoms with Crippen molar-refractivity contribution in [3.05, 3.63) is 117 Å². The van der Waals surface area contributed by atoms with E-state index in [4.69, 9.17) is 5.73 Å². The van der Waals surface area contributed by atoms with E-state index in [1.165, 1.54) is 18.2 Å². The van der Waals surface area contributed by atoms with Gasteiger partial charge in [-0.1, -0.05) is 50.2 Å². The molecule has 226 valence electrons. The summed E-state index contributed by atoms with van der Waals surface area (Å²) in [6, 6.07) is 15.3. The minimum Gasteiger partial charge on any atom is -0.494 e. The quantitative estimate of drug-likeness (QED) is 0.212. The average molecular weight is 598 g/mol. The Kier molecular flexibility index (Phi) is 8.44. The number of carbonyl (C=O) groups excluding carboxylic acids is 1. The normalized spacial score (nSPS) is 11.3. The smallest absolute Gasteiger partial charge is 0.280 e. The SMILES string of the molecule is CCc1cccc(CC)c1-n1c(-c2ccn(C(C)C)n2)nc(=O)c(Cc2ccc(-c3ccc(F)cc3C(N)=O)c(F)c2)c1O. The summed E-state index contributed by atoms with van der Waals surface area (Å²) in [6.07, 6.45) is 2.99. The molecule has 2 aromatic heterocycles. The van der Waals surface area contributed by atoms with Crippen LogP contribution in [-0.4, -0.2) is 30.3 Å². The van der Waals surface area contributed by atoms with Crippen molar-refractivity contribution in [2.75, 3.05) is 0 Å². The number of aromatic nitrogens is 4. The fraction of sp³-hybridized carbons (Fsp3) is 0.235. The number of rotatable bonds is 9. The van der Waals surface area contributed by atoms with Crippen molar-refractivity contribution in [1.82, 2.24) is 19.3 Å². The van der Waals surface area contributed by atoms with E-state index in [1.807, 2.05) is 45.9 Å². The first-order valence-electron chi connectivity index (χ1n) is 14.4. The highest BCUT2D eigenvalue weighted by Crippen LogP contribution is 2.33. The first-order valence-corrected chi connectivity index (χ1v) is 14.4. The molecular formula is C34H33F2N5O3. The molecule has 3 N–H and O–H groups in total. The topological polar surface area (TPSA) is 116 Å². The first-order chi connectivity index (χ1) is 21.0. The Morgan fingerprint density at radius 2 is 1.66 bits per heavy atom. The number of primary amides is 1. The number of hydrogen-bond acceptors (Lipinski definition) is 5. The number of aryl methyl sites for hydroxylation is 2. The monoisotopic (exact) mass is 597 g/mol. The summed E-state index contributed by atoms with van der Waals surface area (Å²) in [5, 5.41) is 16.4. The van der Waals surface area contributed by atoms with Crippen LogP contribution in [-0.2, 0) is 19.3 Å². The highest BCUT2D eigenvalue weighted by atomic mass is 19.1. The zero-order valence-corrected chi connectivity index (χ0v) is 24.9. The zero-order chi connectivity index (χ0) is 31.7. The van der Waals surface area contributed by atoms with Gasteiger partial charge < -0.3 is 10.8 Å². The van der Waals surface area contributed by atoms with Crippen molar-refractivity contribution >= 4 is 5.91 Å². The summed E-state index contributed by atoms with van der Waals surface area (Å²) in [5.74, 6) is -2.38. The molecule has 5 aromatic rings. The van der Waals surface area contributed by atoms with Crippen molar-refractivity contribution in [3.63, 3.8) is 0 Å². The van der Waals surface area contributed by atoms with Crippen LogP contribution in [0.25, 0.3) is 28.3 Å². The minimum atomic E-state index is -0.892. The van der Waals surface area contributed by atoms with Gasteiger partial charge in [0.2, 0.25) is 11.8 Å². The molecule has 2 heterocycles. The Balaban J connectivity index is 1.67. The van der Waals surface area contributed by atoms with Crippen LogP contribution in [0.2, 0.25) is 0 Å². The van der Waals surface area contributed by atoms with Gasteiger partial charge in [-0.05, 0) is 73.2 Å². The molecule has 0 saturated heterocycles. The molecule has 0 aliphatic heterocycles. The predicted octanol–water partition coefficient (Wildman–Crippen LogP) is 6.14. The van der Waals surface area contributed by atoms with E-state index in [0.29, 0.717) is 24.1 Å².